The van der Waals surface area contributed by atoms with Crippen molar-refractivity contribution >= 4 is 0 Å². The van der Waals surface area contributed by atoms with E-state index >= 15 is 0 Å². The van der Waals surface area contributed by atoms with E-state index in [0.717, 1.165) is 57.0 Å². The van der Waals surface area contributed by atoms with E-state index in [4.69, 9.17) is 4.74 Å². The smallest absolute Gasteiger partial charge is 0.0689 e. The molecule has 2 rings (SSSR count). The quantitative estimate of drug-likeness (QED) is 0.529. The minimum Gasteiger partial charge on any atom is -0.378 e. The molecule has 0 unspecified atom stereocenters. The lowest BCUT2D eigenvalue weighted by Gasteiger charge is -2.36. The molecule has 0 aromatic rings. The molecule has 0 amide bonds. The molecule has 0 aliphatic heterocycles. The van der Waals surface area contributed by atoms with Gasteiger partial charge in [-0.05, 0) is 56.8 Å². The van der Waals surface area contributed by atoms with Crippen molar-refractivity contribution in [2.45, 2.75) is 103 Å². The van der Waals surface area contributed by atoms with Crippen LogP contribution in [0.25, 0.3) is 0 Å². The summed E-state index contributed by atoms with van der Waals surface area (Å²) in [6.45, 7) is 5.46. The summed E-state index contributed by atoms with van der Waals surface area (Å²) in [6.07, 6.45) is 16.7. The van der Waals surface area contributed by atoms with Crippen LogP contribution in [0.1, 0.15) is 97.3 Å². The van der Waals surface area contributed by atoms with Crippen LogP contribution in [0.3, 0.4) is 0 Å². The largest absolute Gasteiger partial charge is 0.378 e. The van der Waals surface area contributed by atoms with Crippen molar-refractivity contribution in [3.8, 4) is 6.07 Å². The Kier molecular flexibility index (Phi) is 7.90. The molecule has 2 saturated carbocycles. The van der Waals surface area contributed by atoms with Crippen LogP contribution < -0.4 is 0 Å². The maximum atomic E-state index is 9.49. The molecule has 0 heterocycles. The lowest BCUT2D eigenvalue weighted by molar-refractivity contribution is -0.0183. The average molecular weight is 320 g/mol. The number of nitrogens with zero attached hydrogens (tertiary/aromatic N) is 1. The summed E-state index contributed by atoms with van der Waals surface area (Å²) in [6, 6.07) is 2.61. The molecule has 0 saturated heterocycles. The predicted octanol–water partition coefficient (Wildman–Crippen LogP) is 6.25. The Morgan fingerprint density at radius 3 is 2.17 bits per heavy atom. The lowest BCUT2D eigenvalue weighted by Crippen LogP contribution is -2.31. The van der Waals surface area contributed by atoms with Crippen molar-refractivity contribution < 1.29 is 4.74 Å². The fraction of sp³-hybridized carbons (Fsp3) is 0.952. The number of ether oxygens (including phenoxy) is 1. The Hall–Kier alpha value is -0.550. The van der Waals surface area contributed by atoms with Gasteiger partial charge in [0.05, 0.1) is 17.6 Å². The standard InChI is InChI=1S/C21H37NO/c1-3-5-6-18-7-9-19(10-8-18)16-23-20-11-14-21(17-22,13-4-2)15-12-20/h18-20H,3-16H2,1-2H3. The maximum absolute atomic E-state index is 9.49. The Labute approximate surface area is 144 Å². The number of hydrogen-bond donors (Lipinski definition) is 0. The van der Waals surface area contributed by atoms with Crippen molar-refractivity contribution in [3.05, 3.63) is 0 Å². The summed E-state index contributed by atoms with van der Waals surface area (Å²) < 4.78 is 6.25. The van der Waals surface area contributed by atoms with Gasteiger partial charge in [-0.25, -0.2) is 0 Å². The molecule has 0 radical (unpaired) electrons. The molecule has 132 valence electrons. The van der Waals surface area contributed by atoms with Crippen LogP contribution in [0.2, 0.25) is 0 Å². The van der Waals surface area contributed by atoms with Crippen LogP contribution in [0, 0.1) is 28.6 Å². The summed E-state index contributed by atoms with van der Waals surface area (Å²) in [5.41, 5.74) is -0.0358. The van der Waals surface area contributed by atoms with E-state index in [0.29, 0.717) is 6.10 Å². The minimum absolute atomic E-state index is 0.0358. The Morgan fingerprint density at radius 2 is 1.61 bits per heavy atom. The minimum atomic E-state index is -0.0358. The van der Waals surface area contributed by atoms with Gasteiger partial charge in [-0.3, -0.25) is 0 Å². The number of nitriles is 1. The summed E-state index contributed by atoms with van der Waals surface area (Å²) >= 11 is 0. The number of unbranched alkanes of at least 4 members (excludes halogenated alkanes) is 1. The molecule has 0 spiro atoms. The molecule has 0 aromatic heterocycles. The average Bonchev–Trinajstić information content (AvgIpc) is 2.60. The highest BCUT2D eigenvalue weighted by Crippen LogP contribution is 2.41. The first-order valence-corrected chi connectivity index (χ1v) is 10.2. The molecule has 0 aromatic carbocycles. The second-order valence-electron chi connectivity index (χ2n) is 8.20. The van der Waals surface area contributed by atoms with E-state index in [9.17, 15) is 5.26 Å². The van der Waals surface area contributed by atoms with E-state index in [2.05, 4.69) is 19.9 Å². The fourth-order valence-electron chi connectivity index (χ4n) is 4.66. The first-order chi connectivity index (χ1) is 11.2. The third kappa shape index (κ3) is 5.79. The molecule has 2 fully saturated rings. The maximum Gasteiger partial charge on any atom is 0.0689 e. The van der Waals surface area contributed by atoms with Crippen LogP contribution in [-0.2, 0) is 4.74 Å². The Balaban J connectivity index is 1.62. The van der Waals surface area contributed by atoms with Crippen LogP contribution in [-0.4, -0.2) is 12.7 Å². The SMILES string of the molecule is CCCCC1CCC(COC2CCC(C#N)(CCC)CC2)CC1. The second-order valence-corrected chi connectivity index (χ2v) is 8.20. The first-order valence-electron chi connectivity index (χ1n) is 10.2. The molecule has 2 nitrogen and oxygen atoms in total. The van der Waals surface area contributed by atoms with Crippen molar-refractivity contribution in [1.82, 2.24) is 0 Å². The Bertz CT molecular complexity index is 357. The van der Waals surface area contributed by atoms with Crippen molar-refractivity contribution in [2.24, 2.45) is 17.3 Å². The highest BCUT2D eigenvalue weighted by Gasteiger charge is 2.35. The molecule has 23 heavy (non-hydrogen) atoms. The Morgan fingerprint density at radius 1 is 0.957 bits per heavy atom. The van der Waals surface area contributed by atoms with Crippen LogP contribution in [0.4, 0.5) is 0 Å². The van der Waals surface area contributed by atoms with E-state index in [-0.39, 0.29) is 5.41 Å². The van der Waals surface area contributed by atoms with Gasteiger partial charge in [0.2, 0.25) is 0 Å². The van der Waals surface area contributed by atoms with Gasteiger partial charge in [0.1, 0.15) is 0 Å². The van der Waals surface area contributed by atoms with Gasteiger partial charge < -0.3 is 4.74 Å². The third-order valence-electron chi connectivity index (χ3n) is 6.36. The molecule has 2 aliphatic carbocycles. The summed E-state index contributed by atoms with van der Waals surface area (Å²) in [5, 5.41) is 9.49. The zero-order chi connectivity index (χ0) is 16.5. The number of rotatable bonds is 8. The third-order valence-corrected chi connectivity index (χ3v) is 6.36. The van der Waals surface area contributed by atoms with Gasteiger partial charge in [0.25, 0.3) is 0 Å². The van der Waals surface area contributed by atoms with E-state index in [1.54, 1.807) is 0 Å². The topological polar surface area (TPSA) is 33.0 Å². The highest BCUT2D eigenvalue weighted by atomic mass is 16.5. The summed E-state index contributed by atoms with van der Waals surface area (Å²) in [4.78, 5) is 0. The molecule has 0 atom stereocenters. The van der Waals surface area contributed by atoms with Gasteiger partial charge in [0, 0.05) is 6.61 Å². The van der Waals surface area contributed by atoms with Crippen LogP contribution >= 0.6 is 0 Å². The van der Waals surface area contributed by atoms with Gasteiger partial charge >= 0.3 is 0 Å². The lowest BCUT2D eigenvalue weighted by atomic mass is 9.71. The van der Waals surface area contributed by atoms with E-state index < -0.39 is 0 Å². The van der Waals surface area contributed by atoms with Gasteiger partial charge in [-0.2, -0.15) is 5.26 Å². The van der Waals surface area contributed by atoms with Crippen molar-refractivity contribution in [3.63, 3.8) is 0 Å². The number of hydrogen-bond acceptors (Lipinski definition) is 2. The normalized spacial score (nSPS) is 34.9. The van der Waals surface area contributed by atoms with E-state index in [1.165, 1.54) is 44.9 Å². The molecule has 0 N–H and O–H groups in total. The summed E-state index contributed by atoms with van der Waals surface area (Å²) in [7, 11) is 0. The molecular formula is C21H37NO. The molecule has 2 heteroatoms. The second kappa shape index (κ2) is 9.67. The molecule has 0 bridgehead atoms. The predicted molar refractivity (Wildman–Crippen MR) is 96.1 cm³/mol. The van der Waals surface area contributed by atoms with Crippen LogP contribution in [0.5, 0.6) is 0 Å². The highest BCUT2D eigenvalue weighted by molar-refractivity contribution is 5.01. The molecule has 2 aliphatic rings. The van der Waals surface area contributed by atoms with Gasteiger partial charge in [-0.15, -0.1) is 0 Å². The summed E-state index contributed by atoms with van der Waals surface area (Å²) in [5.74, 6) is 1.79. The molecular weight excluding hydrogens is 282 g/mol. The first kappa shape index (κ1) is 18.8. The monoisotopic (exact) mass is 319 g/mol. The fourth-order valence-corrected chi connectivity index (χ4v) is 4.66. The van der Waals surface area contributed by atoms with Gasteiger partial charge in [-0.1, -0.05) is 52.4 Å². The van der Waals surface area contributed by atoms with Crippen molar-refractivity contribution in [2.75, 3.05) is 6.61 Å². The van der Waals surface area contributed by atoms with Crippen molar-refractivity contribution in [1.29, 1.82) is 5.26 Å². The van der Waals surface area contributed by atoms with Crippen LogP contribution in [0.15, 0.2) is 0 Å². The van der Waals surface area contributed by atoms with Gasteiger partial charge in [0.15, 0.2) is 0 Å². The zero-order valence-electron chi connectivity index (χ0n) is 15.5. The zero-order valence-corrected chi connectivity index (χ0v) is 15.5. The van der Waals surface area contributed by atoms with E-state index in [1.807, 2.05) is 0 Å².